The first-order valence-corrected chi connectivity index (χ1v) is 6.82. The standard InChI is InChI=1S/C15H21ClO3/c1-5-11(7-6-10(2)17)12-8-14(18-3)15(19-4)9-13(12)16/h8-9,11H,5-7H2,1-4H3. The second-order valence-electron chi connectivity index (χ2n) is 4.57. The summed E-state index contributed by atoms with van der Waals surface area (Å²) < 4.78 is 10.5. The summed E-state index contributed by atoms with van der Waals surface area (Å²) in [5, 5.41) is 0.660. The Kier molecular flexibility index (Phi) is 6.16. The number of methoxy groups -OCH3 is 2. The third-order valence-corrected chi connectivity index (χ3v) is 3.61. The fourth-order valence-corrected chi connectivity index (χ4v) is 2.45. The minimum Gasteiger partial charge on any atom is -0.493 e. The molecule has 0 aliphatic carbocycles. The molecular weight excluding hydrogens is 264 g/mol. The van der Waals surface area contributed by atoms with Gasteiger partial charge < -0.3 is 14.3 Å². The van der Waals surface area contributed by atoms with Crippen LogP contribution in [0.15, 0.2) is 12.1 Å². The van der Waals surface area contributed by atoms with Crippen molar-refractivity contribution in [2.24, 2.45) is 0 Å². The molecule has 0 heterocycles. The third-order valence-electron chi connectivity index (χ3n) is 3.28. The lowest BCUT2D eigenvalue weighted by Crippen LogP contribution is -2.03. The molecule has 0 aliphatic heterocycles. The van der Waals surface area contributed by atoms with Crippen molar-refractivity contribution in [2.75, 3.05) is 14.2 Å². The van der Waals surface area contributed by atoms with Gasteiger partial charge in [-0.2, -0.15) is 0 Å². The number of halogens is 1. The Labute approximate surface area is 119 Å². The highest BCUT2D eigenvalue weighted by Gasteiger charge is 2.17. The van der Waals surface area contributed by atoms with Gasteiger partial charge in [-0.25, -0.2) is 0 Å². The van der Waals surface area contributed by atoms with Crippen LogP contribution in [0.1, 0.15) is 44.6 Å². The topological polar surface area (TPSA) is 35.5 Å². The van der Waals surface area contributed by atoms with Crippen LogP contribution in [0, 0.1) is 0 Å². The van der Waals surface area contributed by atoms with Crippen LogP contribution >= 0.6 is 11.6 Å². The molecule has 3 nitrogen and oxygen atoms in total. The summed E-state index contributed by atoms with van der Waals surface area (Å²) in [7, 11) is 3.19. The number of hydrogen-bond acceptors (Lipinski definition) is 3. The van der Waals surface area contributed by atoms with Crippen molar-refractivity contribution >= 4 is 17.4 Å². The predicted octanol–water partition coefficient (Wildman–Crippen LogP) is 4.22. The molecular formula is C15H21ClO3. The highest BCUT2D eigenvalue weighted by Crippen LogP contribution is 2.38. The molecule has 0 aromatic heterocycles. The highest BCUT2D eigenvalue weighted by molar-refractivity contribution is 6.31. The third kappa shape index (κ3) is 4.13. The lowest BCUT2D eigenvalue weighted by molar-refractivity contribution is -0.117. The van der Waals surface area contributed by atoms with Gasteiger partial charge in [-0.15, -0.1) is 0 Å². The molecule has 0 aliphatic rings. The number of ether oxygens (including phenoxy) is 2. The molecule has 0 amide bonds. The Balaban J connectivity index is 3.05. The van der Waals surface area contributed by atoms with Gasteiger partial charge in [0.05, 0.1) is 14.2 Å². The first-order chi connectivity index (χ1) is 9.03. The van der Waals surface area contributed by atoms with Crippen LogP contribution in [-0.4, -0.2) is 20.0 Å². The molecule has 19 heavy (non-hydrogen) atoms. The van der Waals surface area contributed by atoms with Crippen LogP contribution in [-0.2, 0) is 4.79 Å². The van der Waals surface area contributed by atoms with E-state index in [0.29, 0.717) is 22.9 Å². The highest BCUT2D eigenvalue weighted by atomic mass is 35.5. The zero-order chi connectivity index (χ0) is 14.4. The largest absolute Gasteiger partial charge is 0.493 e. The quantitative estimate of drug-likeness (QED) is 0.752. The molecule has 0 fully saturated rings. The van der Waals surface area contributed by atoms with Crippen LogP contribution in [0.5, 0.6) is 11.5 Å². The van der Waals surface area contributed by atoms with Crippen molar-refractivity contribution < 1.29 is 14.3 Å². The van der Waals surface area contributed by atoms with Crippen molar-refractivity contribution in [1.82, 2.24) is 0 Å². The molecule has 1 aromatic carbocycles. The van der Waals surface area contributed by atoms with Gasteiger partial charge in [0.1, 0.15) is 5.78 Å². The van der Waals surface area contributed by atoms with Gasteiger partial charge in [0.15, 0.2) is 11.5 Å². The van der Waals surface area contributed by atoms with Crippen molar-refractivity contribution in [2.45, 2.75) is 39.0 Å². The molecule has 0 radical (unpaired) electrons. The molecule has 1 unspecified atom stereocenters. The van der Waals surface area contributed by atoms with Crippen LogP contribution in [0.4, 0.5) is 0 Å². The average Bonchev–Trinajstić information content (AvgIpc) is 2.40. The van der Waals surface area contributed by atoms with E-state index >= 15 is 0 Å². The number of Topliss-reactive ketones (excluding diaryl/α,β-unsaturated/α-hetero) is 1. The molecule has 106 valence electrons. The van der Waals surface area contributed by atoms with E-state index in [1.54, 1.807) is 27.2 Å². The van der Waals surface area contributed by atoms with E-state index in [-0.39, 0.29) is 11.7 Å². The van der Waals surface area contributed by atoms with Crippen LogP contribution in [0.2, 0.25) is 5.02 Å². The van der Waals surface area contributed by atoms with Gasteiger partial charge in [0, 0.05) is 17.5 Å². The number of benzene rings is 1. The minimum absolute atomic E-state index is 0.204. The number of carbonyl (C=O) groups is 1. The molecule has 0 saturated carbocycles. The van der Waals surface area contributed by atoms with E-state index in [0.717, 1.165) is 18.4 Å². The van der Waals surface area contributed by atoms with Crippen LogP contribution in [0.25, 0.3) is 0 Å². The minimum atomic E-state index is 0.204. The Bertz CT molecular complexity index is 443. The molecule has 1 atom stereocenters. The number of ketones is 1. The normalized spacial score (nSPS) is 12.1. The second-order valence-corrected chi connectivity index (χ2v) is 4.98. The van der Waals surface area contributed by atoms with Gasteiger partial charge in [-0.05, 0) is 37.3 Å². The second kappa shape index (κ2) is 7.39. The molecule has 0 bridgehead atoms. The van der Waals surface area contributed by atoms with Gasteiger partial charge in [-0.1, -0.05) is 18.5 Å². The molecule has 4 heteroatoms. The summed E-state index contributed by atoms with van der Waals surface area (Å²) in [6, 6.07) is 3.68. The molecule has 1 rings (SSSR count). The summed E-state index contributed by atoms with van der Waals surface area (Å²) in [5.41, 5.74) is 1.02. The number of rotatable bonds is 7. The lowest BCUT2D eigenvalue weighted by Gasteiger charge is -2.18. The zero-order valence-electron chi connectivity index (χ0n) is 12.0. The Morgan fingerprint density at radius 1 is 1.26 bits per heavy atom. The summed E-state index contributed by atoms with van der Waals surface area (Å²) in [6.07, 6.45) is 2.31. The fraction of sp³-hybridized carbons (Fsp3) is 0.533. The predicted molar refractivity (Wildman–Crippen MR) is 77.5 cm³/mol. The molecule has 0 saturated heterocycles. The maximum Gasteiger partial charge on any atom is 0.162 e. The smallest absolute Gasteiger partial charge is 0.162 e. The van der Waals surface area contributed by atoms with Crippen molar-refractivity contribution in [3.63, 3.8) is 0 Å². The van der Waals surface area contributed by atoms with Gasteiger partial charge in [0.2, 0.25) is 0 Å². The maximum atomic E-state index is 11.1. The van der Waals surface area contributed by atoms with Crippen molar-refractivity contribution in [3.05, 3.63) is 22.7 Å². The lowest BCUT2D eigenvalue weighted by atomic mass is 9.91. The Hall–Kier alpha value is -1.22. The van der Waals surface area contributed by atoms with E-state index in [1.807, 2.05) is 6.07 Å². The van der Waals surface area contributed by atoms with Gasteiger partial charge in [-0.3, -0.25) is 0 Å². The molecule has 1 aromatic rings. The Morgan fingerprint density at radius 3 is 2.32 bits per heavy atom. The van der Waals surface area contributed by atoms with Crippen molar-refractivity contribution in [3.8, 4) is 11.5 Å². The van der Waals surface area contributed by atoms with Gasteiger partial charge in [0.25, 0.3) is 0 Å². The average molecular weight is 285 g/mol. The maximum absolute atomic E-state index is 11.1. The monoisotopic (exact) mass is 284 g/mol. The van der Waals surface area contributed by atoms with E-state index < -0.39 is 0 Å². The fourth-order valence-electron chi connectivity index (χ4n) is 2.14. The SMILES string of the molecule is CCC(CCC(C)=O)c1cc(OC)c(OC)cc1Cl. The van der Waals surface area contributed by atoms with Gasteiger partial charge >= 0.3 is 0 Å². The summed E-state index contributed by atoms with van der Waals surface area (Å²) in [6.45, 7) is 3.71. The van der Waals surface area contributed by atoms with E-state index in [9.17, 15) is 4.79 Å². The van der Waals surface area contributed by atoms with Crippen LogP contribution < -0.4 is 9.47 Å². The molecule has 0 N–H and O–H groups in total. The number of hydrogen-bond donors (Lipinski definition) is 0. The first-order valence-electron chi connectivity index (χ1n) is 6.44. The van der Waals surface area contributed by atoms with Crippen molar-refractivity contribution in [1.29, 1.82) is 0 Å². The van der Waals surface area contributed by atoms with E-state index in [2.05, 4.69) is 6.92 Å². The van der Waals surface area contributed by atoms with E-state index in [1.165, 1.54) is 0 Å². The Morgan fingerprint density at radius 2 is 1.84 bits per heavy atom. The summed E-state index contributed by atoms with van der Waals surface area (Å²) in [4.78, 5) is 11.1. The summed E-state index contributed by atoms with van der Waals surface area (Å²) >= 11 is 6.31. The molecule has 0 spiro atoms. The number of carbonyl (C=O) groups excluding carboxylic acids is 1. The first kappa shape index (κ1) is 15.8. The van der Waals surface area contributed by atoms with E-state index in [4.69, 9.17) is 21.1 Å². The summed E-state index contributed by atoms with van der Waals surface area (Å²) in [5.74, 6) is 1.76. The van der Waals surface area contributed by atoms with Crippen LogP contribution in [0.3, 0.4) is 0 Å². The zero-order valence-corrected chi connectivity index (χ0v) is 12.7.